The van der Waals surface area contributed by atoms with E-state index in [2.05, 4.69) is 15.0 Å². The maximum Gasteiger partial charge on any atom is 0.339 e. The molecule has 0 saturated heterocycles. The fraction of sp³-hybridized carbons (Fsp3) is 0.455. The molecule has 0 aliphatic heterocycles. The molecular formula is C11H15F2N3O2. The zero-order chi connectivity index (χ0) is 13.8. The number of hydrogen-bond acceptors (Lipinski definition) is 5. The predicted octanol–water partition coefficient (Wildman–Crippen LogP) is 1.18. The third kappa shape index (κ3) is 3.63. The van der Waals surface area contributed by atoms with Crippen LogP contribution >= 0.6 is 0 Å². The molecule has 0 aromatic carbocycles. The molecule has 0 aliphatic rings. The first-order valence-electron chi connectivity index (χ1n) is 5.27. The number of alkyl halides is 2. The average Bonchev–Trinajstić information content (AvgIpc) is 2.36. The van der Waals surface area contributed by atoms with Gasteiger partial charge < -0.3 is 15.8 Å². The molecule has 0 atom stereocenters. The number of methoxy groups -OCH3 is 1. The number of anilines is 1. The van der Waals surface area contributed by atoms with Crippen molar-refractivity contribution < 1.29 is 18.3 Å². The van der Waals surface area contributed by atoms with Crippen LogP contribution < -0.4 is 11.1 Å². The van der Waals surface area contributed by atoms with Gasteiger partial charge in [-0.2, -0.15) is 0 Å². The fourth-order valence-corrected chi connectivity index (χ4v) is 1.28. The van der Waals surface area contributed by atoms with Crippen LogP contribution in [0.3, 0.4) is 0 Å². The molecule has 1 heterocycles. The van der Waals surface area contributed by atoms with Crippen LogP contribution in [-0.2, 0) is 4.74 Å². The second-order valence-corrected chi connectivity index (χ2v) is 3.73. The van der Waals surface area contributed by atoms with Gasteiger partial charge >= 0.3 is 5.97 Å². The molecule has 3 N–H and O–H groups in total. The molecule has 0 bridgehead atoms. The molecule has 0 saturated carbocycles. The summed E-state index contributed by atoms with van der Waals surface area (Å²) in [6.45, 7) is 0.255. The second-order valence-electron chi connectivity index (χ2n) is 3.73. The van der Waals surface area contributed by atoms with Gasteiger partial charge in [0.15, 0.2) is 0 Å². The fourth-order valence-electron chi connectivity index (χ4n) is 1.28. The molecule has 7 heteroatoms. The first kappa shape index (κ1) is 14.3. The van der Waals surface area contributed by atoms with Crippen molar-refractivity contribution in [3.8, 4) is 0 Å². The highest BCUT2D eigenvalue weighted by atomic mass is 19.3. The Bertz CT molecular complexity index is 438. The number of nitrogens with one attached hydrogen (secondary N) is 1. The highest BCUT2D eigenvalue weighted by Crippen LogP contribution is 2.15. The van der Waals surface area contributed by atoms with Crippen LogP contribution in [0.1, 0.15) is 16.1 Å². The number of pyridine rings is 1. The van der Waals surface area contributed by atoms with E-state index < -0.39 is 25.0 Å². The van der Waals surface area contributed by atoms with Gasteiger partial charge in [-0.15, -0.1) is 0 Å². The first-order valence-corrected chi connectivity index (χ1v) is 5.27. The first-order chi connectivity index (χ1) is 8.39. The topological polar surface area (TPSA) is 77.2 Å². The minimum atomic E-state index is -2.99. The Morgan fingerprint density at radius 1 is 1.56 bits per heavy atom. The maximum atomic E-state index is 12.9. The standard InChI is InChI=1S/C11H15F2N3O2/c1-7-8(10(17)18-2)3-4-9(16-7)15-6-11(12,13)5-14/h3-4H,5-6,14H2,1-2H3,(H,15,16). The van der Waals surface area contributed by atoms with Gasteiger partial charge in [-0.05, 0) is 19.1 Å². The number of hydrogen-bond donors (Lipinski definition) is 2. The Kier molecular flexibility index (Phi) is 4.55. The van der Waals surface area contributed by atoms with E-state index >= 15 is 0 Å². The van der Waals surface area contributed by atoms with Gasteiger partial charge in [0.2, 0.25) is 0 Å². The van der Waals surface area contributed by atoms with Gasteiger partial charge in [0.05, 0.1) is 31.5 Å². The van der Waals surface area contributed by atoms with Crippen LogP contribution in [0.2, 0.25) is 0 Å². The van der Waals surface area contributed by atoms with Crippen LogP contribution in [-0.4, -0.2) is 37.1 Å². The third-order valence-corrected chi connectivity index (χ3v) is 2.32. The number of nitrogens with two attached hydrogens (primary N) is 1. The molecule has 1 rings (SSSR count). The molecule has 18 heavy (non-hydrogen) atoms. The van der Waals surface area contributed by atoms with Crippen molar-refractivity contribution in [2.24, 2.45) is 5.73 Å². The molecule has 0 radical (unpaired) electrons. The van der Waals surface area contributed by atoms with Gasteiger partial charge in [0.25, 0.3) is 5.92 Å². The molecular weight excluding hydrogens is 244 g/mol. The molecule has 0 amide bonds. The van der Waals surface area contributed by atoms with Crippen LogP contribution in [0.25, 0.3) is 0 Å². The normalized spacial score (nSPS) is 11.2. The highest BCUT2D eigenvalue weighted by molar-refractivity contribution is 5.90. The van der Waals surface area contributed by atoms with Crippen LogP contribution in [0, 0.1) is 6.92 Å². The molecule has 1 aromatic rings. The minimum absolute atomic E-state index is 0.258. The summed E-state index contributed by atoms with van der Waals surface area (Å²) < 4.78 is 30.4. The zero-order valence-electron chi connectivity index (χ0n) is 10.2. The minimum Gasteiger partial charge on any atom is -0.465 e. The lowest BCUT2D eigenvalue weighted by atomic mass is 10.2. The Morgan fingerprint density at radius 2 is 2.22 bits per heavy atom. The summed E-state index contributed by atoms with van der Waals surface area (Å²) in [5, 5.41) is 2.47. The van der Waals surface area contributed by atoms with E-state index in [4.69, 9.17) is 5.73 Å². The summed E-state index contributed by atoms with van der Waals surface area (Å²) in [7, 11) is 1.26. The molecule has 5 nitrogen and oxygen atoms in total. The van der Waals surface area contributed by atoms with E-state index in [9.17, 15) is 13.6 Å². The monoisotopic (exact) mass is 259 g/mol. The lowest BCUT2D eigenvalue weighted by Crippen LogP contribution is -2.35. The number of carbonyl (C=O) groups is 1. The average molecular weight is 259 g/mol. The van der Waals surface area contributed by atoms with Crippen molar-refractivity contribution in [1.29, 1.82) is 0 Å². The number of rotatable bonds is 5. The lowest BCUT2D eigenvalue weighted by Gasteiger charge is -2.15. The van der Waals surface area contributed by atoms with Gasteiger partial charge in [-0.3, -0.25) is 0 Å². The Hall–Kier alpha value is -1.76. The highest BCUT2D eigenvalue weighted by Gasteiger charge is 2.26. The SMILES string of the molecule is COC(=O)c1ccc(NCC(F)(F)CN)nc1C. The van der Waals surface area contributed by atoms with Gasteiger partial charge in [0, 0.05) is 0 Å². The number of aryl methyl sites for hydroxylation is 1. The van der Waals surface area contributed by atoms with E-state index in [1.165, 1.54) is 19.2 Å². The van der Waals surface area contributed by atoms with E-state index in [-0.39, 0.29) is 5.82 Å². The molecule has 100 valence electrons. The Balaban J connectivity index is 2.76. The number of carbonyl (C=O) groups excluding carboxylic acids is 1. The van der Waals surface area contributed by atoms with Gasteiger partial charge in [-0.25, -0.2) is 18.6 Å². The van der Waals surface area contributed by atoms with Gasteiger partial charge in [-0.1, -0.05) is 0 Å². The lowest BCUT2D eigenvalue weighted by molar-refractivity contribution is 0.0253. The maximum absolute atomic E-state index is 12.9. The van der Waals surface area contributed by atoms with E-state index in [1.807, 2.05) is 0 Å². The number of esters is 1. The quantitative estimate of drug-likeness (QED) is 0.776. The van der Waals surface area contributed by atoms with Crippen molar-refractivity contribution >= 4 is 11.8 Å². The summed E-state index contributed by atoms with van der Waals surface area (Å²) >= 11 is 0. The van der Waals surface area contributed by atoms with Crippen LogP contribution in [0.4, 0.5) is 14.6 Å². The number of halogens is 2. The van der Waals surface area contributed by atoms with Crippen molar-refractivity contribution in [3.63, 3.8) is 0 Å². The molecule has 0 unspecified atom stereocenters. The zero-order valence-corrected chi connectivity index (χ0v) is 10.2. The number of ether oxygens (including phenoxy) is 1. The number of nitrogens with zero attached hydrogens (tertiary/aromatic N) is 1. The number of aromatic nitrogens is 1. The molecule has 1 aromatic heterocycles. The van der Waals surface area contributed by atoms with E-state index in [1.54, 1.807) is 6.92 Å². The van der Waals surface area contributed by atoms with E-state index in [0.717, 1.165) is 0 Å². The summed E-state index contributed by atoms with van der Waals surface area (Å²) in [4.78, 5) is 15.3. The third-order valence-electron chi connectivity index (χ3n) is 2.32. The second kappa shape index (κ2) is 5.72. The van der Waals surface area contributed by atoms with Crippen LogP contribution in [0.15, 0.2) is 12.1 Å². The van der Waals surface area contributed by atoms with E-state index in [0.29, 0.717) is 11.3 Å². The molecule has 0 spiro atoms. The predicted molar refractivity (Wildman–Crippen MR) is 62.8 cm³/mol. The summed E-state index contributed by atoms with van der Waals surface area (Å²) in [5.41, 5.74) is 5.62. The van der Waals surface area contributed by atoms with Gasteiger partial charge in [0.1, 0.15) is 5.82 Å². The smallest absolute Gasteiger partial charge is 0.339 e. The largest absolute Gasteiger partial charge is 0.465 e. The van der Waals surface area contributed by atoms with Crippen molar-refractivity contribution in [1.82, 2.24) is 4.98 Å². The molecule has 0 fully saturated rings. The van der Waals surface area contributed by atoms with Crippen LogP contribution in [0.5, 0.6) is 0 Å². The van der Waals surface area contributed by atoms with Crippen molar-refractivity contribution in [2.45, 2.75) is 12.8 Å². The summed E-state index contributed by atoms with van der Waals surface area (Å²) in [5.74, 6) is -3.25. The summed E-state index contributed by atoms with van der Waals surface area (Å²) in [6.07, 6.45) is 0. The Labute approximate surface area is 103 Å². The van der Waals surface area contributed by atoms with Crippen molar-refractivity contribution in [3.05, 3.63) is 23.4 Å². The Morgan fingerprint density at radius 3 is 2.72 bits per heavy atom. The summed E-state index contributed by atoms with van der Waals surface area (Å²) in [6, 6.07) is 2.91. The molecule has 0 aliphatic carbocycles. The van der Waals surface area contributed by atoms with Crippen molar-refractivity contribution in [2.75, 3.05) is 25.5 Å².